The summed E-state index contributed by atoms with van der Waals surface area (Å²) in [5.74, 6) is -1.20. The molecule has 0 aromatic heterocycles. The Morgan fingerprint density at radius 3 is 2.46 bits per heavy atom. The molecule has 0 heterocycles. The fourth-order valence-electron chi connectivity index (χ4n) is 3.11. The van der Waals surface area contributed by atoms with Crippen molar-refractivity contribution in [2.24, 2.45) is 0 Å². The number of benzene rings is 2. The first kappa shape index (κ1) is 27.1. The molecule has 12 heteroatoms. The zero-order chi connectivity index (χ0) is 25.8. The Morgan fingerprint density at radius 2 is 1.83 bits per heavy atom. The maximum absolute atomic E-state index is 12.4. The third-order valence-electron chi connectivity index (χ3n) is 4.84. The Labute approximate surface area is 201 Å². The van der Waals surface area contributed by atoms with Crippen LogP contribution in [0, 0.1) is 10.1 Å². The van der Waals surface area contributed by atoms with Crippen LogP contribution in [0.5, 0.6) is 5.75 Å². The molecular weight excluding hydrogens is 462 g/mol. The van der Waals surface area contributed by atoms with Gasteiger partial charge in [0.15, 0.2) is 0 Å². The van der Waals surface area contributed by atoms with Gasteiger partial charge in [0.25, 0.3) is 5.69 Å². The first-order chi connectivity index (χ1) is 16.7. The topological polar surface area (TPSA) is 166 Å². The minimum atomic E-state index is -1.26. The van der Waals surface area contributed by atoms with Crippen molar-refractivity contribution in [2.75, 3.05) is 20.8 Å². The molecule has 3 N–H and O–H groups in total. The van der Waals surface area contributed by atoms with Crippen LogP contribution in [0.1, 0.15) is 17.5 Å². The summed E-state index contributed by atoms with van der Waals surface area (Å²) in [4.78, 5) is 46.9. The number of ether oxygens (including phenoxy) is 3. The Kier molecular flexibility index (Phi) is 10.4. The van der Waals surface area contributed by atoms with Gasteiger partial charge >= 0.3 is 12.1 Å². The number of hydrogen-bond donors (Lipinski definition) is 3. The Morgan fingerprint density at radius 1 is 1.11 bits per heavy atom. The second-order valence-electron chi connectivity index (χ2n) is 7.40. The largest absolute Gasteiger partial charge is 0.496 e. The minimum Gasteiger partial charge on any atom is -0.496 e. The van der Waals surface area contributed by atoms with Gasteiger partial charge < -0.3 is 30.0 Å². The molecule has 2 aromatic rings. The van der Waals surface area contributed by atoms with Crippen LogP contribution in [-0.2, 0) is 32.1 Å². The van der Waals surface area contributed by atoms with Crippen molar-refractivity contribution < 1.29 is 38.6 Å². The van der Waals surface area contributed by atoms with Crippen molar-refractivity contribution >= 4 is 23.7 Å². The van der Waals surface area contributed by atoms with Gasteiger partial charge in [0.1, 0.15) is 18.4 Å². The number of alkyl carbamates (subject to hydrolysis) is 1. The molecule has 2 amide bonds. The molecule has 12 nitrogen and oxygen atoms in total. The number of carbonyl (C=O) groups is 3. The first-order valence-corrected chi connectivity index (χ1v) is 10.5. The summed E-state index contributed by atoms with van der Waals surface area (Å²) in [5.41, 5.74) is 0.883. The average molecular weight is 489 g/mol. The highest BCUT2D eigenvalue weighted by molar-refractivity contribution is 5.85. The maximum atomic E-state index is 12.4. The normalized spacial score (nSPS) is 12.1. The summed E-state index contributed by atoms with van der Waals surface area (Å²) in [5, 5.41) is 26.0. The number of methoxy groups -OCH3 is 2. The van der Waals surface area contributed by atoms with E-state index in [9.17, 15) is 29.6 Å². The number of esters is 1. The molecule has 0 aliphatic heterocycles. The first-order valence-electron chi connectivity index (χ1n) is 10.5. The molecule has 0 unspecified atom stereocenters. The zero-order valence-electron chi connectivity index (χ0n) is 19.3. The fourth-order valence-corrected chi connectivity index (χ4v) is 3.11. The lowest BCUT2D eigenvalue weighted by atomic mass is 10.0. The number of aliphatic hydroxyl groups excluding tert-OH is 1. The molecule has 0 aliphatic carbocycles. The number of carbonyl (C=O) groups excluding carboxylic acids is 3. The number of nitro benzene ring substituents is 1. The lowest BCUT2D eigenvalue weighted by molar-refractivity contribution is -0.384. The highest BCUT2D eigenvalue weighted by atomic mass is 16.6. The van der Waals surface area contributed by atoms with E-state index in [1.54, 1.807) is 24.3 Å². The van der Waals surface area contributed by atoms with Gasteiger partial charge in [0.2, 0.25) is 5.91 Å². The smallest absolute Gasteiger partial charge is 0.407 e. The van der Waals surface area contributed by atoms with E-state index in [-0.39, 0.29) is 31.0 Å². The lowest BCUT2D eigenvalue weighted by Crippen LogP contribution is -2.45. The number of hydrogen-bond acceptors (Lipinski definition) is 9. The van der Waals surface area contributed by atoms with Gasteiger partial charge in [-0.25, -0.2) is 9.59 Å². The molecule has 2 rings (SSSR count). The molecule has 0 saturated carbocycles. The van der Waals surface area contributed by atoms with E-state index in [4.69, 9.17) is 14.2 Å². The van der Waals surface area contributed by atoms with E-state index >= 15 is 0 Å². The van der Waals surface area contributed by atoms with Crippen LogP contribution in [0.15, 0.2) is 48.5 Å². The summed E-state index contributed by atoms with van der Waals surface area (Å²) >= 11 is 0. The molecule has 0 saturated heterocycles. The Balaban J connectivity index is 1.90. The van der Waals surface area contributed by atoms with Crippen LogP contribution >= 0.6 is 0 Å². The highest BCUT2D eigenvalue weighted by Gasteiger charge is 2.25. The monoisotopic (exact) mass is 489 g/mol. The van der Waals surface area contributed by atoms with Crippen molar-refractivity contribution in [1.82, 2.24) is 10.6 Å². The van der Waals surface area contributed by atoms with Gasteiger partial charge in [0.05, 0.1) is 31.7 Å². The highest BCUT2D eigenvalue weighted by Crippen LogP contribution is 2.25. The molecule has 0 bridgehead atoms. The SMILES string of the molecule is COC(=O)[C@H](Cc1cc([N+](=O)[O-])ccc1OC)NC(=O)C[C@H](O)CNC(=O)OCc1ccccc1. The van der Waals surface area contributed by atoms with Gasteiger partial charge in [-0.05, 0) is 11.6 Å². The predicted molar refractivity (Wildman–Crippen MR) is 123 cm³/mol. The van der Waals surface area contributed by atoms with E-state index in [0.717, 1.165) is 12.7 Å². The number of aliphatic hydroxyl groups is 1. The van der Waals surface area contributed by atoms with Crippen molar-refractivity contribution in [3.05, 3.63) is 69.8 Å². The molecule has 0 fully saturated rings. The molecule has 0 spiro atoms. The summed E-state index contributed by atoms with van der Waals surface area (Å²) < 4.78 is 14.9. The number of rotatable bonds is 12. The summed E-state index contributed by atoms with van der Waals surface area (Å²) in [6.07, 6.45) is -2.61. The molecule has 2 atom stereocenters. The molecule has 0 aliphatic rings. The van der Waals surface area contributed by atoms with Crippen molar-refractivity contribution in [3.8, 4) is 5.75 Å². The molecule has 188 valence electrons. The second kappa shape index (κ2) is 13.5. The van der Waals surface area contributed by atoms with Crippen LogP contribution in [0.2, 0.25) is 0 Å². The predicted octanol–water partition coefficient (Wildman–Crippen LogP) is 1.48. The van der Waals surface area contributed by atoms with Gasteiger partial charge in [0, 0.05) is 30.7 Å². The third-order valence-corrected chi connectivity index (χ3v) is 4.84. The van der Waals surface area contributed by atoms with Crippen molar-refractivity contribution in [2.45, 2.75) is 31.6 Å². The lowest BCUT2D eigenvalue weighted by Gasteiger charge is -2.19. The van der Waals surface area contributed by atoms with Gasteiger partial charge in [-0.2, -0.15) is 0 Å². The summed E-state index contributed by atoms with van der Waals surface area (Å²) in [7, 11) is 2.50. The maximum Gasteiger partial charge on any atom is 0.407 e. The Bertz CT molecular complexity index is 1030. The van der Waals surface area contributed by atoms with Gasteiger partial charge in [-0.3, -0.25) is 14.9 Å². The van der Waals surface area contributed by atoms with Crippen molar-refractivity contribution in [3.63, 3.8) is 0 Å². The van der Waals surface area contributed by atoms with E-state index < -0.39 is 41.5 Å². The van der Waals surface area contributed by atoms with Gasteiger partial charge in [-0.1, -0.05) is 30.3 Å². The summed E-state index contributed by atoms with van der Waals surface area (Å²) in [6, 6.07) is 11.7. The van der Waals surface area contributed by atoms with Crippen molar-refractivity contribution in [1.29, 1.82) is 0 Å². The van der Waals surface area contributed by atoms with Crippen LogP contribution < -0.4 is 15.4 Å². The van der Waals surface area contributed by atoms with Crippen LogP contribution in [0.4, 0.5) is 10.5 Å². The van der Waals surface area contributed by atoms with E-state index in [1.165, 1.54) is 25.3 Å². The Hall–Kier alpha value is -4.19. The van der Waals surface area contributed by atoms with E-state index in [1.807, 2.05) is 6.07 Å². The van der Waals surface area contributed by atoms with Crippen LogP contribution in [0.25, 0.3) is 0 Å². The van der Waals surface area contributed by atoms with Crippen LogP contribution in [-0.4, -0.2) is 60.9 Å². The number of amides is 2. The molecule has 2 aromatic carbocycles. The molecule has 0 radical (unpaired) electrons. The second-order valence-corrected chi connectivity index (χ2v) is 7.40. The molecule has 35 heavy (non-hydrogen) atoms. The van der Waals surface area contributed by atoms with Gasteiger partial charge in [-0.15, -0.1) is 0 Å². The van der Waals surface area contributed by atoms with Crippen LogP contribution in [0.3, 0.4) is 0 Å². The third kappa shape index (κ3) is 8.93. The molecular formula is C23H27N3O9. The number of nitrogens with one attached hydrogen (secondary N) is 2. The zero-order valence-corrected chi connectivity index (χ0v) is 19.3. The van der Waals surface area contributed by atoms with E-state index in [2.05, 4.69) is 10.6 Å². The number of non-ortho nitro benzene ring substituents is 1. The quantitative estimate of drug-likeness (QED) is 0.227. The number of nitrogens with zero attached hydrogens (tertiary/aromatic N) is 1. The summed E-state index contributed by atoms with van der Waals surface area (Å²) in [6.45, 7) is -0.214. The standard InChI is InChI=1S/C23H27N3O9/c1-33-20-9-8-17(26(31)32)10-16(20)11-19(22(29)34-2)25-21(28)12-18(27)13-24-23(30)35-14-15-6-4-3-5-7-15/h3-10,18-19,27H,11-14H2,1-2H3,(H,24,30)(H,25,28)/t18-,19-/m0/s1. The number of nitro groups is 1. The average Bonchev–Trinajstić information content (AvgIpc) is 2.85. The van der Waals surface area contributed by atoms with E-state index in [0.29, 0.717) is 5.56 Å². The minimum absolute atomic E-state index is 0.0468. The fraction of sp³-hybridized carbons (Fsp3) is 0.348.